The van der Waals surface area contributed by atoms with Crippen LogP contribution in [-0.2, 0) is 0 Å². The van der Waals surface area contributed by atoms with E-state index in [0.717, 1.165) is 17.4 Å². The van der Waals surface area contributed by atoms with E-state index in [2.05, 4.69) is 28.2 Å². The molecule has 3 heteroatoms. The van der Waals surface area contributed by atoms with E-state index in [-0.39, 0.29) is 0 Å². The minimum Gasteiger partial charge on any atom is -0.376 e. The molecule has 1 unspecified atom stereocenters. The first-order chi connectivity index (χ1) is 7.16. The maximum Gasteiger partial charge on any atom is 0.126 e. The molecule has 0 bridgehead atoms. The van der Waals surface area contributed by atoms with E-state index in [1.807, 2.05) is 26.4 Å². The quantitative estimate of drug-likeness (QED) is 0.818. The lowest BCUT2D eigenvalue weighted by Gasteiger charge is -2.15. The molecule has 1 aromatic rings. The predicted molar refractivity (Wildman–Crippen MR) is 64.4 cm³/mol. The van der Waals surface area contributed by atoms with Crippen molar-refractivity contribution in [3.05, 3.63) is 18.3 Å². The molecule has 15 heavy (non-hydrogen) atoms. The van der Waals surface area contributed by atoms with E-state index in [4.69, 9.17) is 0 Å². The average Bonchev–Trinajstić information content (AvgIpc) is 3.01. The molecule has 1 fully saturated rings. The van der Waals surface area contributed by atoms with Crippen molar-refractivity contribution in [3.63, 3.8) is 0 Å². The van der Waals surface area contributed by atoms with Crippen LogP contribution in [0.5, 0.6) is 0 Å². The maximum absolute atomic E-state index is 4.40. The maximum atomic E-state index is 4.40. The highest BCUT2D eigenvalue weighted by molar-refractivity contribution is 5.48. The summed E-state index contributed by atoms with van der Waals surface area (Å²) < 4.78 is 0. The molecular weight excluding hydrogens is 186 g/mol. The minimum atomic E-state index is 0.558. The lowest BCUT2D eigenvalue weighted by Crippen LogP contribution is -2.18. The largest absolute Gasteiger partial charge is 0.376 e. The number of nitrogens with one attached hydrogen (secondary N) is 1. The van der Waals surface area contributed by atoms with Crippen molar-refractivity contribution < 1.29 is 0 Å². The fourth-order valence-corrected chi connectivity index (χ4v) is 1.68. The van der Waals surface area contributed by atoms with Gasteiger partial charge in [0.05, 0.1) is 11.9 Å². The molecule has 0 aromatic carbocycles. The van der Waals surface area contributed by atoms with Gasteiger partial charge in [0.1, 0.15) is 5.82 Å². The van der Waals surface area contributed by atoms with Crippen LogP contribution in [0.3, 0.4) is 0 Å². The molecule has 0 saturated heterocycles. The van der Waals surface area contributed by atoms with Gasteiger partial charge in [0.15, 0.2) is 0 Å². The molecule has 1 aromatic heterocycles. The van der Waals surface area contributed by atoms with Gasteiger partial charge in [0.25, 0.3) is 0 Å². The summed E-state index contributed by atoms with van der Waals surface area (Å²) in [5, 5.41) is 3.44. The van der Waals surface area contributed by atoms with E-state index in [9.17, 15) is 0 Å². The Labute approximate surface area is 91.5 Å². The molecule has 0 amide bonds. The fraction of sp³-hybridized carbons (Fsp3) is 0.583. The van der Waals surface area contributed by atoms with Crippen LogP contribution >= 0.6 is 0 Å². The van der Waals surface area contributed by atoms with Crippen molar-refractivity contribution in [2.75, 3.05) is 24.3 Å². The van der Waals surface area contributed by atoms with Gasteiger partial charge in [0, 0.05) is 20.1 Å². The summed E-state index contributed by atoms with van der Waals surface area (Å²) in [6.45, 7) is 2.24. The van der Waals surface area contributed by atoms with Gasteiger partial charge in [-0.25, -0.2) is 4.98 Å². The van der Waals surface area contributed by atoms with Gasteiger partial charge < -0.3 is 10.2 Å². The molecule has 1 aliphatic rings. The molecule has 1 aliphatic carbocycles. The number of rotatable bonds is 4. The third-order valence-electron chi connectivity index (χ3n) is 2.97. The summed E-state index contributed by atoms with van der Waals surface area (Å²) in [5.41, 5.74) is 1.14. The van der Waals surface area contributed by atoms with E-state index in [0.29, 0.717) is 6.04 Å². The van der Waals surface area contributed by atoms with Crippen molar-refractivity contribution in [1.29, 1.82) is 0 Å². The van der Waals surface area contributed by atoms with Crippen LogP contribution in [0, 0.1) is 5.92 Å². The van der Waals surface area contributed by atoms with Crippen LogP contribution in [0.4, 0.5) is 11.5 Å². The Morgan fingerprint density at radius 1 is 1.40 bits per heavy atom. The summed E-state index contributed by atoms with van der Waals surface area (Å²) >= 11 is 0. The van der Waals surface area contributed by atoms with Gasteiger partial charge in [-0.3, -0.25) is 0 Å². The zero-order valence-corrected chi connectivity index (χ0v) is 9.70. The minimum absolute atomic E-state index is 0.558. The molecular formula is C12H19N3. The number of nitrogens with zero attached hydrogens (tertiary/aromatic N) is 2. The van der Waals surface area contributed by atoms with Gasteiger partial charge in [-0.05, 0) is 37.8 Å². The molecule has 1 saturated carbocycles. The highest BCUT2D eigenvalue weighted by Crippen LogP contribution is 2.33. The van der Waals surface area contributed by atoms with Gasteiger partial charge in [-0.1, -0.05) is 0 Å². The highest BCUT2D eigenvalue weighted by atomic mass is 15.1. The first-order valence-corrected chi connectivity index (χ1v) is 5.57. The van der Waals surface area contributed by atoms with Crippen LogP contribution in [-0.4, -0.2) is 25.1 Å². The summed E-state index contributed by atoms with van der Waals surface area (Å²) in [6, 6.07) is 4.70. The number of anilines is 2. The second kappa shape index (κ2) is 4.09. The topological polar surface area (TPSA) is 28.2 Å². The number of hydrogen-bond acceptors (Lipinski definition) is 3. The van der Waals surface area contributed by atoms with Gasteiger partial charge in [0.2, 0.25) is 0 Å². The van der Waals surface area contributed by atoms with Crippen LogP contribution in [0.15, 0.2) is 18.3 Å². The Bertz CT molecular complexity index is 314. The molecule has 0 aliphatic heterocycles. The second-order valence-electron chi connectivity index (χ2n) is 4.57. The molecule has 3 nitrogen and oxygen atoms in total. The van der Waals surface area contributed by atoms with E-state index < -0.39 is 0 Å². The lowest BCUT2D eigenvalue weighted by molar-refractivity contribution is 0.690. The first kappa shape index (κ1) is 10.3. The van der Waals surface area contributed by atoms with Crippen molar-refractivity contribution >= 4 is 11.5 Å². The first-order valence-electron chi connectivity index (χ1n) is 5.57. The van der Waals surface area contributed by atoms with Crippen molar-refractivity contribution in [2.45, 2.75) is 25.8 Å². The Kier molecular flexibility index (Phi) is 2.80. The Morgan fingerprint density at radius 2 is 2.13 bits per heavy atom. The van der Waals surface area contributed by atoms with E-state index in [1.54, 1.807) is 0 Å². The molecule has 2 rings (SSSR count). The third-order valence-corrected chi connectivity index (χ3v) is 2.97. The summed E-state index contributed by atoms with van der Waals surface area (Å²) in [6.07, 6.45) is 4.63. The Balaban J connectivity index is 1.97. The Morgan fingerprint density at radius 3 is 2.60 bits per heavy atom. The average molecular weight is 205 g/mol. The zero-order valence-electron chi connectivity index (χ0n) is 9.70. The van der Waals surface area contributed by atoms with Gasteiger partial charge in [-0.2, -0.15) is 0 Å². The third kappa shape index (κ3) is 2.61. The smallest absolute Gasteiger partial charge is 0.126 e. The normalized spacial score (nSPS) is 17.3. The highest BCUT2D eigenvalue weighted by Gasteiger charge is 2.27. The van der Waals surface area contributed by atoms with E-state index >= 15 is 0 Å². The molecule has 1 heterocycles. The monoisotopic (exact) mass is 205 g/mol. The lowest BCUT2D eigenvalue weighted by atomic mass is 10.2. The van der Waals surface area contributed by atoms with Gasteiger partial charge in [-0.15, -0.1) is 0 Å². The van der Waals surface area contributed by atoms with Gasteiger partial charge >= 0.3 is 0 Å². The van der Waals surface area contributed by atoms with Crippen LogP contribution < -0.4 is 10.2 Å². The second-order valence-corrected chi connectivity index (χ2v) is 4.57. The molecule has 1 atom stereocenters. The predicted octanol–water partition coefficient (Wildman–Crippen LogP) is 2.36. The molecule has 0 spiro atoms. The molecule has 82 valence electrons. The van der Waals surface area contributed by atoms with Crippen molar-refractivity contribution in [1.82, 2.24) is 4.98 Å². The molecule has 1 N–H and O–H groups in total. The van der Waals surface area contributed by atoms with Crippen LogP contribution in [0.25, 0.3) is 0 Å². The van der Waals surface area contributed by atoms with Crippen LogP contribution in [0.2, 0.25) is 0 Å². The SMILES string of the molecule is CC(Nc1ccc(N(C)C)cn1)C1CC1. The summed E-state index contributed by atoms with van der Waals surface area (Å²) in [4.78, 5) is 6.45. The molecule has 0 radical (unpaired) electrons. The Hall–Kier alpha value is -1.25. The van der Waals surface area contributed by atoms with Crippen molar-refractivity contribution in [3.8, 4) is 0 Å². The number of aromatic nitrogens is 1. The van der Waals surface area contributed by atoms with E-state index in [1.165, 1.54) is 12.8 Å². The zero-order chi connectivity index (χ0) is 10.8. The number of pyridine rings is 1. The summed E-state index contributed by atoms with van der Waals surface area (Å²) in [5.74, 6) is 1.85. The van der Waals surface area contributed by atoms with Crippen LogP contribution in [0.1, 0.15) is 19.8 Å². The van der Waals surface area contributed by atoms with Crippen molar-refractivity contribution in [2.24, 2.45) is 5.92 Å². The standard InChI is InChI=1S/C12H19N3/c1-9(10-4-5-10)14-12-7-6-11(8-13-12)15(2)3/h6-10H,4-5H2,1-3H3,(H,13,14). The fourth-order valence-electron chi connectivity index (χ4n) is 1.68. The number of hydrogen-bond donors (Lipinski definition) is 1. The summed E-state index contributed by atoms with van der Waals surface area (Å²) in [7, 11) is 4.05.